The van der Waals surface area contributed by atoms with Crippen molar-refractivity contribution in [3.8, 4) is 0 Å². The van der Waals surface area contributed by atoms with E-state index in [2.05, 4.69) is 69.4 Å². The van der Waals surface area contributed by atoms with Gasteiger partial charge < -0.3 is 14.2 Å². The molecule has 0 aliphatic carbocycles. The van der Waals surface area contributed by atoms with E-state index in [1.54, 1.807) is 0 Å². The second kappa shape index (κ2) is 59.9. The Balaban J connectivity index is 4.34. The quantitative estimate of drug-likeness (QED) is 0.0261. The number of hydrogen-bond acceptors (Lipinski definition) is 6. The van der Waals surface area contributed by atoms with Gasteiger partial charge in [0.15, 0.2) is 6.10 Å². The number of allylic oxidation sites excluding steroid dienone is 8. The molecular formula is C65H118O6. The molecule has 71 heavy (non-hydrogen) atoms. The average molecular weight is 996 g/mol. The summed E-state index contributed by atoms with van der Waals surface area (Å²) in [6.45, 7) is 6.57. The first kappa shape index (κ1) is 68.4. The van der Waals surface area contributed by atoms with E-state index in [-0.39, 0.29) is 31.1 Å². The molecule has 0 aromatic carbocycles. The van der Waals surface area contributed by atoms with Crippen LogP contribution in [0.15, 0.2) is 48.6 Å². The maximum Gasteiger partial charge on any atom is 0.306 e. The number of rotatable bonds is 57. The molecule has 0 saturated heterocycles. The largest absolute Gasteiger partial charge is 0.462 e. The van der Waals surface area contributed by atoms with Crippen molar-refractivity contribution in [3.05, 3.63) is 48.6 Å². The van der Waals surface area contributed by atoms with E-state index in [4.69, 9.17) is 14.2 Å². The van der Waals surface area contributed by atoms with Gasteiger partial charge in [0.2, 0.25) is 0 Å². The summed E-state index contributed by atoms with van der Waals surface area (Å²) in [7, 11) is 0. The minimum absolute atomic E-state index is 0.0742. The van der Waals surface area contributed by atoms with Gasteiger partial charge in [-0.05, 0) is 57.8 Å². The van der Waals surface area contributed by atoms with E-state index >= 15 is 0 Å². The lowest BCUT2D eigenvalue weighted by Crippen LogP contribution is -2.30. The Morgan fingerprint density at radius 1 is 0.296 bits per heavy atom. The number of carbonyl (C=O) groups excluding carboxylic acids is 3. The summed E-state index contributed by atoms with van der Waals surface area (Å²) in [4.78, 5) is 38.3. The number of carbonyl (C=O) groups is 3. The first-order valence-corrected chi connectivity index (χ1v) is 31.1. The van der Waals surface area contributed by atoms with Crippen LogP contribution in [0.5, 0.6) is 0 Å². The first-order chi connectivity index (χ1) is 35.0. The van der Waals surface area contributed by atoms with Crippen LogP contribution in [0.1, 0.15) is 329 Å². The van der Waals surface area contributed by atoms with E-state index in [1.165, 1.54) is 193 Å². The number of esters is 3. The SMILES string of the molecule is CC/C=C\C/C=C\C/C=C\C/C=C\CCCCCCCCC(=O)OC(COC(=O)CCCCCCCCCCCCCCCC)COC(=O)CCCCCCCCCCCCCCCCCCCCCC. The standard InChI is InChI=1S/C65H118O6/c1-4-7-10-13-16-19-22-25-28-30-32-34-35-37-40-43-46-49-52-55-58-64(67)70-61-62(60-69-63(66)57-54-51-48-45-42-39-27-24-21-18-15-12-9-6-3)71-65(68)59-56-53-50-47-44-41-38-36-33-31-29-26-23-20-17-14-11-8-5-2/h8,11,17,20,26,29,33,36,62H,4-7,9-10,12-16,18-19,21-25,27-28,30-32,34-35,37-61H2,1-3H3/b11-8-,20-17-,29-26-,36-33-. The predicted molar refractivity (Wildman–Crippen MR) is 307 cm³/mol. The fourth-order valence-electron chi connectivity index (χ4n) is 9.20. The molecule has 0 aliphatic heterocycles. The lowest BCUT2D eigenvalue weighted by atomic mass is 10.0. The summed E-state index contributed by atoms with van der Waals surface area (Å²) >= 11 is 0. The molecule has 6 nitrogen and oxygen atoms in total. The summed E-state index contributed by atoms with van der Waals surface area (Å²) in [5.74, 6) is -0.866. The van der Waals surface area contributed by atoms with Gasteiger partial charge in [0.05, 0.1) is 0 Å². The molecule has 0 radical (unpaired) electrons. The summed E-state index contributed by atoms with van der Waals surface area (Å²) in [5, 5.41) is 0. The molecule has 0 bridgehead atoms. The molecule has 0 fully saturated rings. The monoisotopic (exact) mass is 995 g/mol. The molecule has 0 heterocycles. The van der Waals surface area contributed by atoms with E-state index in [1.807, 2.05) is 0 Å². The van der Waals surface area contributed by atoms with Gasteiger partial charge in [-0.2, -0.15) is 0 Å². The first-order valence-electron chi connectivity index (χ1n) is 31.1. The topological polar surface area (TPSA) is 78.9 Å². The van der Waals surface area contributed by atoms with Crippen molar-refractivity contribution < 1.29 is 28.6 Å². The van der Waals surface area contributed by atoms with Crippen molar-refractivity contribution in [1.82, 2.24) is 0 Å². The van der Waals surface area contributed by atoms with Crippen LogP contribution in [0.4, 0.5) is 0 Å². The third kappa shape index (κ3) is 58.1. The van der Waals surface area contributed by atoms with Crippen LogP contribution in [0.2, 0.25) is 0 Å². The average Bonchev–Trinajstić information content (AvgIpc) is 3.37. The second-order valence-electron chi connectivity index (χ2n) is 21.0. The maximum absolute atomic E-state index is 12.9. The molecule has 0 N–H and O–H groups in total. The molecule has 0 aliphatic rings. The summed E-state index contributed by atoms with van der Waals surface area (Å²) in [6, 6.07) is 0. The van der Waals surface area contributed by atoms with E-state index in [0.29, 0.717) is 19.3 Å². The Kier molecular flexibility index (Phi) is 57.7. The second-order valence-corrected chi connectivity index (χ2v) is 21.0. The number of hydrogen-bond donors (Lipinski definition) is 0. The molecule has 6 heteroatoms. The lowest BCUT2D eigenvalue weighted by molar-refractivity contribution is -0.167. The third-order valence-electron chi connectivity index (χ3n) is 13.8. The molecule has 0 amide bonds. The van der Waals surface area contributed by atoms with E-state index in [0.717, 1.165) is 96.3 Å². The fourth-order valence-corrected chi connectivity index (χ4v) is 9.20. The third-order valence-corrected chi connectivity index (χ3v) is 13.8. The maximum atomic E-state index is 12.9. The summed E-state index contributed by atoms with van der Waals surface area (Å²) < 4.78 is 16.9. The van der Waals surface area contributed by atoms with Gasteiger partial charge >= 0.3 is 17.9 Å². The molecule has 0 spiro atoms. The highest BCUT2D eigenvalue weighted by Gasteiger charge is 2.19. The van der Waals surface area contributed by atoms with Crippen LogP contribution >= 0.6 is 0 Å². The zero-order valence-electron chi connectivity index (χ0n) is 47.5. The van der Waals surface area contributed by atoms with Crippen LogP contribution in [0.3, 0.4) is 0 Å². The van der Waals surface area contributed by atoms with Crippen LogP contribution in [0.25, 0.3) is 0 Å². The Morgan fingerprint density at radius 2 is 0.549 bits per heavy atom. The Hall–Kier alpha value is -2.63. The van der Waals surface area contributed by atoms with Crippen molar-refractivity contribution in [2.45, 2.75) is 335 Å². The van der Waals surface area contributed by atoms with Crippen LogP contribution < -0.4 is 0 Å². The van der Waals surface area contributed by atoms with E-state index < -0.39 is 6.10 Å². The molecule has 0 saturated carbocycles. The highest BCUT2D eigenvalue weighted by molar-refractivity contribution is 5.71. The van der Waals surface area contributed by atoms with Crippen molar-refractivity contribution in [2.24, 2.45) is 0 Å². The Morgan fingerprint density at radius 3 is 0.859 bits per heavy atom. The van der Waals surface area contributed by atoms with Gasteiger partial charge in [-0.1, -0.05) is 301 Å². The molecule has 1 unspecified atom stereocenters. The van der Waals surface area contributed by atoms with Crippen LogP contribution in [-0.4, -0.2) is 37.2 Å². The highest BCUT2D eigenvalue weighted by Crippen LogP contribution is 2.17. The fraction of sp³-hybridized carbons (Fsp3) is 0.831. The van der Waals surface area contributed by atoms with Gasteiger partial charge in [-0.25, -0.2) is 0 Å². The highest BCUT2D eigenvalue weighted by atomic mass is 16.6. The molecule has 0 aromatic rings. The zero-order chi connectivity index (χ0) is 51.4. The van der Waals surface area contributed by atoms with Crippen molar-refractivity contribution in [1.29, 1.82) is 0 Å². The molecule has 0 rings (SSSR count). The zero-order valence-corrected chi connectivity index (χ0v) is 47.5. The van der Waals surface area contributed by atoms with Crippen molar-refractivity contribution in [2.75, 3.05) is 13.2 Å². The van der Waals surface area contributed by atoms with Crippen LogP contribution in [0, 0.1) is 0 Å². The minimum Gasteiger partial charge on any atom is -0.462 e. The van der Waals surface area contributed by atoms with Gasteiger partial charge in [0, 0.05) is 19.3 Å². The molecule has 414 valence electrons. The molecular weight excluding hydrogens is 877 g/mol. The summed E-state index contributed by atoms with van der Waals surface area (Å²) in [6.07, 6.45) is 73.9. The predicted octanol–water partition coefficient (Wildman–Crippen LogP) is 21.0. The van der Waals surface area contributed by atoms with E-state index in [9.17, 15) is 14.4 Å². The lowest BCUT2D eigenvalue weighted by Gasteiger charge is -2.18. The Labute approximate surface area is 441 Å². The smallest absolute Gasteiger partial charge is 0.306 e. The molecule has 0 aromatic heterocycles. The minimum atomic E-state index is -0.778. The normalized spacial score (nSPS) is 12.3. The number of ether oxygens (including phenoxy) is 3. The van der Waals surface area contributed by atoms with Crippen LogP contribution in [-0.2, 0) is 28.6 Å². The van der Waals surface area contributed by atoms with Gasteiger partial charge in [0.1, 0.15) is 13.2 Å². The summed E-state index contributed by atoms with van der Waals surface area (Å²) in [5.41, 5.74) is 0. The number of unbranched alkanes of at least 4 members (excludes halogenated alkanes) is 38. The van der Waals surface area contributed by atoms with Gasteiger partial charge in [-0.3, -0.25) is 14.4 Å². The van der Waals surface area contributed by atoms with Gasteiger partial charge in [-0.15, -0.1) is 0 Å². The van der Waals surface area contributed by atoms with Crippen molar-refractivity contribution in [3.63, 3.8) is 0 Å². The molecule has 1 atom stereocenters. The van der Waals surface area contributed by atoms with Gasteiger partial charge in [0.25, 0.3) is 0 Å². The Bertz CT molecular complexity index is 1230. The van der Waals surface area contributed by atoms with Crippen molar-refractivity contribution >= 4 is 17.9 Å².